The van der Waals surface area contributed by atoms with Gasteiger partial charge in [-0.15, -0.1) is 5.10 Å². The highest BCUT2D eigenvalue weighted by Crippen LogP contribution is 2.42. The van der Waals surface area contributed by atoms with Crippen molar-refractivity contribution in [3.05, 3.63) is 5.69 Å². The van der Waals surface area contributed by atoms with Crippen molar-refractivity contribution in [3.8, 4) is 0 Å². The van der Waals surface area contributed by atoms with Gasteiger partial charge in [0.05, 0.1) is 5.69 Å². The lowest BCUT2D eigenvalue weighted by molar-refractivity contribution is 0.169. The minimum absolute atomic E-state index is 0.629. The molecular weight excluding hydrogens is 226 g/mol. The SMILES string of the molecule is CN1CCCCC1CCn1nnc(N)c1C1CC1. The van der Waals surface area contributed by atoms with Crippen molar-refractivity contribution in [3.63, 3.8) is 0 Å². The van der Waals surface area contributed by atoms with Gasteiger partial charge < -0.3 is 10.6 Å². The standard InChI is InChI=1S/C13H23N5/c1-17-8-3-2-4-11(17)7-9-18-12(10-5-6-10)13(14)15-16-18/h10-11H,2-9,14H2,1H3. The van der Waals surface area contributed by atoms with Crippen LogP contribution < -0.4 is 5.73 Å². The lowest BCUT2D eigenvalue weighted by Gasteiger charge is -2.32. The lowest BCUT2D eigenvalue weighted by Crippen LogP contribution is -2.37. The van der Waals surface area contributed by atoms with Gasteiger partial charge in [-0.1, -0.05) is 11.6 Å². The van der Waals surface area contributed by atoms with Crippen LogP contribution in [0, 0.1) is 0 Å². The molecule has 100 valence electrons. The Kier molecular flexibility index (Phi) is 3.24. The zero-order chi connectivity index (χ0) is 12.5. The van der Waals surface area contributed by atoms with Crippen LogP contribution in [0.1, 0.15) is 50.1 Å². The average molecular weight is 249 g/mol. The van der Waals surface area contributed by atoms with E-state index in [0.717, 1.165) is 6.54 Å². The average Bonchev–Trinajstić information content (AvgIpc) is 3.13. The Morgan fingerprint density at radius 1 is 1.28 bits per heavy atom. The summed E-state index contributed by atoms with van der Waals surface area (Å²) >= 11 is 0. The van der Waals surface area contributed by atoms with Crippen molar-refractivity contribution in [2.75, 3.05) is 19.3 Å². The summed E-state index contributed by atoms with van der Waals surface area (Å²) in [7, 11) is 2.24. The van der Waals surface area contributed by atoms with Crippen molar-refractivity contribution in [2.45, 2.75) is 57.0 Å². The van der Waals surface area contributed by atoms with Crippen molar-refractivity contribution in [1.29, 1.82) is 0 Å². The molecule has 1 aromatic rings. The normalized spacial score (nSPS) is 25.5. The molecule has 0 amide bonds. The summed E-state index contributed by atoms with van der Waals surface area (Å²) in [5.74, 6) is 1.28. The molecule has 0 aromatic carbocycles. The maximum absolute atomic E-state index is 5.91. The molecule has 0 spiro atoms. The van der Waals surface area contributed by atoms with Crippen molar-refractivity contribution >= 4 is 5.82 Å². The highest BCUT2D eigenvalue weighted by molar-refractivity contribution is 5.38. The number of likely N-dealkylation sites (tertiary alicyclic amines) is 1. The van der Waals surface area contributed by atoms with E-state index in [-0.39, 0.29) is 0 Å². The van der Waals surface area contributed by atoms with Crippen LogP contribution in [-0.2, 0) is 6.54 Å². The number of aromatic nitrogens is 3. The van der Waals surface area contributed by atoms with Crippen LogP contribution in [0.2, 0.25) is 0 Å². The van der Waals surface area contributed by atoms with E-state index >= 15 is 0 Å². The van der Waals surface area contributed by atoms with Crippen LogP contribution >= 0.6 is 0 Å². The highest BCUT2D eigenvalue weighted by Gasteiger charge is 2.30. The molecule has 3 rings (SSSR count). The van der Waals surface area contributed by atoms with Crippen LogP contribution in [0.3, 0.4) is 0 Å². The summed E-state index contributed by atoms with van der Waals surface area (Å²) in [6, 6.07) is 0.705. The molecule has 1 aromatic heterocycles. The van der Waals surface area contributed by atoms with E-state index in [0.29, 0.717) is 17.8 Å². The van der Waals surface area contributed by atoms with E-state index in [1.165, 1.54) is 50.8 Å². The van der Waals surface area contributed by atoms with Crippen LogP contribution in [0.4, 0.5) is 5.82 Å². The summed E-state index contributed by atoms with van der Waals surface area (Å²) in [6.45, 7) is 2.20. The van der Waals surface area contributed by atoms with Gasteiger partial charge >= 0.3 is 0 Å². The zero-order valence-electron chi connectivity index (χ0n) is 11.2. The van der Waals surface area contributed by atoms with Crippen molar-refractivity contribution in [1.82, 2.24) is 19.9 Å². The van der Waals surface area contributed by atoms with Crippen LogP contribution in [0.25, 0.3) is 0 Å². The van der Waals surface area contributed by atoms with E-state index in [1.54, 1.807) is 0 Å². The zero-order valence-corrected chi connectivity index (χ0v) is 11.2. The molecule has 1 aliphatic carbocycles. The number of nitrogens with two attached hydrogens (primary N) is 1. The lowest BCUT2D eigenvalue weighted by atomic mass is 10.0. The topological polar surface area (TPSA) is 60.0 Å². The van der Waals surface area contributed by atoms with Gasteiger partial charge in [0.25, 0.3) is 0 Å². The predicted octanol–water partition coefficient (Wildman–Crippen LogP) is 1.61. The quantitative estimate of drug-likeness (QED) is 0.880. The third-order valence-electron chi connectivity index (χ3n) is 4.36. The van der Waals surface area contributed by atoms with E-state index in [4.69, 9.17) is 5.73 Å². The number of anilines is 1. The van der Waals surface area contributed by atoms with E-state index in [2.05, 4.69) is 26.9 Å². The minimum atomic E-state index is 0.629. The maximum atomic E-state index is 5.91. The Labute approximate surface area is 108 Å². The third kappa shape index (κ3) is 2.36. The molecule has 2 aliphatic rings. The highest BCUT2D eigenvalue weighted by atomic mass is 15.4. The number of hydrogen-bond donors (Lipinski definition) is 1. The molecule has 5 heteroatoms. The molecule has 1 saturated heterocycles. The molecule has 1 aliphatic heterocycles. The summed E-state index contributed by atoms with van der Waals surface area (Å²) < 4.78 is 2.05. The van der Waals surface area contributed by atoms with Crippen LogP contribution in [0.15, 0.2) is 0 Å². The fourth-order valence-corrected chi connectivity index (χ4v) is 3.06. The second kappa shape index (κ2) is 4.88. The van der Waals surface area contributed by atoms with Gasteiger partial charge in [-0.3, -0.25) is 0 Å². The van der Waals surface area contributed by atoms with Crippen molar-refractivity contribution < 1.29 is 0 Å². The Morgan fingerprint density at radius 3 is 2.83 bits per heavy atom. The fourth-order valence-electron chi connectivity index (χ4n) is 3.06. The van der Waals surface area contributed by atoms with Crippen LogP contribution in [0.5, 0.6) is 0 Å². The molecule has 5 nitrogen and oxygen atoms in total. The van der Waals surface area contributed by atoms with Gasteiger partial charge in [0.1, 0.15) is 0 Å². The number of nitrogens with zero attached hydrogens (tertiary/aromatic N) is 4. The molecule has 0 bridgehead atoms. The van der Waals surface area contributed by atoms with Gasteiger partial charge in [-0.2, -0.15) is 0 Å². The van der Waals surface area contributed by atoms with Gasteiger partial charge in [0.2, 0.25) is 0 Å². The molecule has 2 fully saturated rings. The molecule has 1 unspecified atom stereocenters. The molecule has 0 radical (unpaired) electrons. The Morgan fingerprint density at radius 2 is 2.11 bits per heavy atom. The monoisotopic (exact) mass is 249 g/mol. The summed E-state index contributed by atoms with van der Waals surface area (Å²) in [6.07, 6.45) is 7.70. The largest absolute Gasteiger partial charge is 0.381 e. The summed E-state index contributed by atoms with van der Waals surface area (Å²) in [5.41, 5.74) is 7.10. The van der Waals surface area contributed by atoms with Gasteiger partial charge in [-0.25, -0.2) is 4.68 Å². The summed E-state index contributed by atoms with van der Waals surface area (Å²) in [5, 5.41) is 8.25. The molecular formula is C13H23N5. The van der Waals surface area contributed by atoms with E-state index in [1.807, 2.05) is 0 Å². The number of hydrogen-bond acceptors (Lipinski definition) is 4. The Balaban J connectivity index is 1.62. The van der Waals surface area contributed by atoms with E-state index in [9.17, 15) is 0 Å². The Hall–Kier alpha value is -1.10. The first kappa shape index (κ1) is 12.0. The number of piperidine rings is 1. The smallest absolute Gasteiger partial charge is 0.169 e. The van der Waals surface area contributed by atoms with Gasteiger partial charge in [0, 0.05) is 18.5 Å². The second-order valence-corrected chi connectivity index (χ2v) is 5.78. The number of rotatable bonds is 4. The number of nitrogen functional groups attached to an aromatic ring is 1. The third-order valence-corrected chi connectivity index (χ3v) is 4.36. The fraction of sp³-hybridized carbons (Fsp3) is 0.846. The molecule has 1 saturated carbocycles. The first-order valence-electron chi connectivity index (χ1n) is 7.15. The molecule has 2 N–H and O–H groups in total. The predicted molar refractivity (Wildman–Crippen MR) is 71.3 cm³/mol. The second-order valence-electron chi connectivity index (χ2n) is 5.78. The van der Waals surface area contributed by atoms with Crippen molar-refractivity contribution in [2.24, 2.45) is 0 Å². The minimum Gasteiger partial charge on any atom is -0.381 e. The molecule has 1 atom stereocenters. The maximum Gasteiger partial charge on any atom is 0.169 e. The first-order valence-corrected chi connectivity index (χ1v) is 7.15. The van der Waals surface area contributed by atoms with Gasteiger partial charge in [-0.05, 0) is 45.7 Å². The Bertz CT molecular complexity index is 410. The van der Waals surface area contributed by atoms with Crippen LogP contribution in [-0.4, -0.2) is 39.5 Å². The molecule has 18 heavy (non-hydrogen) atoms. The van der Waals surface area contributed by atoms with Gasteiger partial charge in [0.15, 0.2) is 5.82 Å². The summed E-state index contributed by atoms with van der Waals surface area (Å²) in [4.78, 5) is 2.49. The van der Waals surface area contributed by atoms with E-state index < -0.39 is 0 Å². The first-order chi connectivity index (χ1) is 8.75. The molecule has 2 heterocycles. The number of aryl methyl sites for hydroxylation is 1.